The van der Waals surface area contributed by atoms with Crippen molar-refractivity contribution in [1.29, 1.82) is 0 Å². The van der Waals surface area contributed by atoms with Crippen LogP contribution in [-0.2, 0) is 21.9 Å². The standard InChI is InChI=1S/C14H20N4O3S/c1-16-9-10(8-15-16)18-13-6-7-17(12(13)4-5-14(18)19)22(20,21)11-2-3-11/h8-9,11-13H,2-7H2,1H3/t12-,13-/m1/s1. The summed E-state index contributed by atoms with van der Waals surface area (Å²) >= 11 is 0. The molecule has 3 heterocycles. The van der Waals surface area contributed by atoms with Crippen molar-refractivity contribution >= 4 is 21.6 Å². The van der Waals surface area contributed by atoms with E-state index in [4.69, 9.17) is 0 Å². The quantitative estimate of drug-likeness (QED) is 0.810. The third kappa shape index (κ3) is 2.08. The number of amides is 1. The van der Waals surface area contributed by atoms with E-state index >= 15 is 0 Å². The summed E-state index contributed by atoms with van der Waals surface area (Å²) in [5.74, 6) is 0.0694. The molecule has 3 aliphatic rings. The number of rotatable bonds is 3. The monoisotopic (exact) mass is 324 g/mol. The molecule has 0 radical (unpaired) electrons. The molecule has 1 amide bonds. The molecule has 1 saturated carbocycles. The van der Waals surface area contributed by atoms with E-state index in [0.717, 1.165) is 18.5 Å². The second kappa shape index (κ2) is 4.79. The lowest BCUT2D eigenvalue weighted by Gasteiger charge is -2.38. The number of carbonyl (C=O) groups excluding carboxylic acids is 1. The number of carbonyl (C=O) groups is 1. The van der Waals surface area contributed by atoms with Gasteiger partial charge < -0.3 is 4.90 Å². The van der Waals surface area contributed by atoms with Crippen LogP contribution in [0, 0.1) is 0 Å². The number of sulfonamides is 1. The number of nitrogens with zero attached hydrogens (tertiary/aromatic N) is 4. The van der Waals surface area contributed by atoms with Crippen molar-refractivity contribution in [2.75, 3.05) is 11.4 Å². The summed E-state index contributed by atoms with van der Waals surface area (Å²) in [6.45, 7) is 0.526. The van der Waals surface area contributed by atoms with E-state index in [1.165, 1.54) is 0 Å². The number of piperidine rings is 1. The van der Waals surface area contributed by atoms with Gasteiger partial charge in [-0.15, -0.1) is 0 Å². The first-order valence-corrected chi connectivity index (χ1v) is 9.30. The maximum Gasteiger partial charge on any atom is 0.227 e. The Morgan fingerprint density at radius 3 is 2.59 bits per heavy atom. The molecule has 8 heteroatoms. The van der Waals surface area contributed by atoms with Crippen LogP contribution in [0.5, 0.6) is 0 Å². The van der Waals surface area contributed by atoms with Gasteiger partial charge in [0, 0.05) is 32.3 Å². The fourth-order valence-corrected chi connectivity index (χ4v) is 5.86. The van der Waals surface area contributed by atoms with E-state index < -0.39 is 10.0 Å². The van der Waals surface area contributed by atoms with Gasteiger partial charge >= 0.3 is 0 Å². The number of fused-ring (bicyclic) bond motifs is 1. The van der Waals surface area contributed by atoms with Gasteiger partial charge in [0.15, 0.2) is 0 Å². The third-order valence-corrected chi connectivity index (χ3v) is 7.38. The molecule has 1 aromatic rings. The van der Waals surface area contributed by atoms with Crippen LogP contribution in [0.2, 0.25) is 0 Å². The minimum absolute atomic E-state index is 0.0565. The minimum atomic E-state index is -3.18. The zero-order valence-corrected chi connectivity index (χ0v) is 13.4. The average Bonchev–Trinajstić information content (AvgIpc) is 3.12. The van der Waals surface area contributed by atoms with Crippen molar-refractivity contribution < 1.29 is 13.2 Å². The predicted molar refractivity (Wildman–Crippen MR) is 80.8 cm³/mol. The molecule has 120 valence electrons. The van der Waals surface area contributed by atoms with Gasteiger partial charge in [-0.3, -0.25) is 9.48 Å². The first-order chi connectivity index (χ1) is 10.5. The van der Waals surface area contributed by atoms with Gasteiger partial charge in [-0.2, -0.15) is 9.40 Å². The zero-order chi connectivity index (χ0) is 15.5. The molecule has 0 spiro atoms. The average molecular weight is 324 g/mol. The number of aryl methyl sites for hydroxylation is 1. The van der Waals surface area contributed by atoms with Gasteiger partial charge in [-0.1, -0.05) is 0 Å². The van der Waals surface area contributed by atoms with Gasteiger partial charge in [-0.05, 0) is 25.7 Å². The van der Waals surface area contributed by atoms with Gasteiger partial charge in [0.2, 0.25) is 15.9 Å². The van der Waals surface area contributed by atoms with E-state index in [-0.39, 0.29) is 23.2 Å². The van der Waals surface area contributed by atoms with Crippen LogP contribution < -0.4 is 4.90 Å². The van der Waals surface area contributed by atoms with Crippen LogP contribution in [0.15, 0.2) is 12.4 Å². The summed E-state index contributed by atoms with van der Waals surface area (Å²) < 4.78 is 28.5. The van der Waals surface area contributed by atoms with E-state index in [0.29, 0.717) is 25.8 Å². The molecule has 0 aromatic carbocycles. The van der Waals surface area contributed by atoms with Crippen LogP contribution in [0.3, 0.4) is 0 Å². The Kier molecular flexibility index (Phi) is 3.09. The fraction of sp³-hybridized carbons (Fsp3) is 0.714. The molecule has 1 aromatic heterocycles. The molecule has 7 nitrogen and oxygen atoms in total. The Hall–Kier alpha value is -1.41. The molecule has 0 bridgehead atoms. The minimum Gasteiger partial charge on any atom is -0.305 e. The second-order valence-electron chi connectivity index (χ2n) is 6.45. The fourth-order valence-electron chi connectivity index (χ4n) is 3.77. The molecular formula is C14H20N4O3S. The van der Waals surface area contributed by atoms with Crippen molar-refractivity contribution in [3.8, 4) is 0 Å². The highest BCUT2D eigenvalue weighted by Crippen LogP contribution is 2.40. The third-order valence-electron chi connectivity index (χ3n) is 4.96. The second-order valence-corrected chi connectivity index (χ2v) is 8.62. The topological polar surface area (TPSA) is 75.5 Å². The van der Waals surface area contributed by atoms with E-state index in [1.54, 1.807) is 20.1 Å². The number of anilines is 1. The van der Waals surface area contributed by atoms with Crippen LogP contribution in [-0.4, -0.2) is 52.3 Å². The normalized spacial score (nSPS) is 29.9. The first kappa shape index (κ1) is 14.2. The van der Waals surface area contributed by atoms with Gasteiger partial charge in [0.05, 0.1) is 23.2 Å². The van der Waals surface area contributed by atoms with Crippen molar-refractivity contribution in [3.05, 3.63) is 12.4 Å². The van der Waals surface area contributed by atoms with Gasteiger partial charge in [0.25, 0.3) is 0 Å². The Balaban J connectivity index is 1.65. The summed E-state index contributed by atoms with van der Waals surface area (Å²) in [5, 5.41) is 3.95. The summed E-state index contributed by atoms with van der Waals surface area (Å²) in [5.41, 5.74) is 0.771. The molecule has 22 heavy (non-hydrogen) atoms. The highest BCUT2D eigenvalue weighted by atomic mass is 32.2. The summed E-state index contributed by atoms with van der Waals surface area (Å²) in [4.78, 5) is 14.1. The van der Waals surface area contributed by atoms with Crippen molar-refractivity contribution in [2.45, 2.75) is 49.4 Å². The van der Waals surface area contributed by atoms with E-state index in [9.17, 15) is 13.2 Å². The molecule has 0 N–H and O–H groups in total. The summed E-state index contributed by atoms with van der Waals surface area (Å²) in [7, 11) is -1.37. The lowest BCUT2D eigenvalue weighted by Crippen LogP contribution is -2.53. The smallest absolute Gasteiger partial charge is 0.227 e. The highest BCUT2D eigenvalue weighted by Gasteiger charge is 2.51. The molecule has 2 saturated heterocycles. The molecular weight excluding hydrogens is 304 g/mol. The van der Waals surface area contributed by atoms with Crippen LogP contribution in [0.4, 0.5) is 5.69 Å². The van der Waals surface area contributed by atoms with Gasteiger partial charge in [-0.25, -0.2) is 8.42 Å². The van der Waals surface area contributed by atoms with E-state index in [1.807, 2.05) is 13.2 Å². The molecule has 1 aliphatic carbocycles. The summed E-state index contributed by atoms with van der Waals surface area (Å²) in [6.07, 6.45) is 6.79. The molecule has 2 atom stereocenters. The number of hydrogen-bond donors (Lipinski definition) is 0. The number of aromatic nitrogens is 2. The van der Waals surface area contributed by atoms with Crippen molar-refractivity contribution in [3.63, 3.8) is 0 Å². The molecule has 4 rings (SSSR count). The van der Waals surface area contributed by atoms with Crippen LogP contribution >= 0.6 is 0 Å². The van der Waals surface area contributed by atoms with Crippen molar-refractivity contribution in [1.82, 2.24) is 14.1 Å². The van der Waals surface area contributed by atoms with E-state index in [2.05, 4.69) is 5.10 Å². The SMILES string of the molecule is Cn1cc(N2C(=O)CC[C@@H]3[C@H]2CCN3S(=O)(=O)C2CC2)cn1. The maximum atomic E-state index is 12.6. The van der Waals surface area contributed by atoms with Crippen LogP contribution in [0.25, 0.3) is 0 Å². The summed E-state index contributed by atoms with van der Waals surface area (Å²) in [6, 6.07) is -0.137. The van der Waals surface area contributed by atoms with Gasteiger partial charge in [0.1, 0.15) is 0 Å². The predicted octanol–water partition coefficient (Wildman–Crippen LogP) is 0.482. The molecule has 3 fully saturated rings. The first-order valence-electron chi connectivity index (χ1n) is 7.80. The Morgan fingerprint density at radius 2 is 1.95 bits per heavy atom. The van der Waals surface area contributed by atoms with Crippen LogP contribution in [0.1, 0.15) is 32.1 Å². The largest absolute Gasteiger partial charge is 0.305 e. The van der Waals surface area contributed by atoms with Crippen molar-refractivity contribution in [2.24, 2.45) is 7.05 Å². The highest BCUT2D eigenvalue weighted by molar-refractivity contribution is 7.90. The zero-order valence-electron chi connectivity index (χ0n) is 12.6. The lowest BCUT2D eigenvalue weighted by atomic mass is 9.96. The maximum absolute atomic E-state index is 12.6. The lowest BCUT2D eigenvalue weighted by molar-refractivity contribution is -0.120. The molecule has 0 unspecified atom stereocenters. The Bertz CT molecular complexity index is 709. The Morgan fingerprint density at radius 1 is 1.18 bits per heavy atom. The number of hydrogen-bond acceptors (Lipinski definition) is 4. The molecule has 2 aliphatic heterocycles. The Labute approximate surface area is 129 Å².